The van der Waals surface area contributed by atoms with E-state index in [1.165, 1.54) is 25.7 Å². The van der Waals surface area contributed by atoms with Crippen LogP contribution in [0.15, 0.2) is 4.99 Å². The molecule has 3 heterocycles. The van der Waals surface area contributed by atoms with Crippen molar-refractivity contribution >= 4 is 11.9 Å². The fourth-order valence-corrected chi connectivity index (χ4v) is 4.90. The van der Waals surface area contributed by atoms with Gasteiger partial charge in [0.1, 0.15) is 12.4 Å². The normalized spacial score (nSPS) is 22.4. The smallest absolute Gasteiger partial charge is 0.239 e. The third-order valence-electron chi connectivity index (χ3n) is 7.18. The van der Waals surface area contributed by atoms with Crippen LogP contribution >= 0.6 is 0 Å². The fraction of sp³-hybridized carbons (Fsp3) is 0.818. The largest absolute Gasteiger partial charge is 0.353 e. The molecule has 31 heavy (non-hydrogen) atoms. The SMILES string of the molecule is Cc1nnc(CN=C(NC2CCCC2)N2CCN(C(C)C(=O)N3CCCC3)CC2)n1C. The Kier molecular flexibility index (Phi) is 7.09. The summed E-state index contributed by atoms with van der Waals surface area (Å²) < 4.78 is 2.00. The molecule has 9 nitrogen and oxygen atoms in total. The number of nitrogens with zero attached hydrogens (tertiary/aromatic N) is 7. The van der Waals surface area contributed by atoms with E-state index in [0.717, 1.165) is 69.7 Å². The number of guanidine groups is 1. The van der Waals surface area contributed by atoms with Crippen LogP contribution in [0.5, 0.6) is 0 Å². The molecule has 0 aromatic carbocycles. The summed E-state index contributed by atoms with van der Waals surface area (Å²) in [6.45, 7) is 9.93. The predicted molar refractivity (Wildman–Crippen MR) is 121 cm³/mol. The second-order valence-corrected chi connectivity index (χ2v) is 9.22. The number of amides is 1. The molecule has 1 saturated carbocycles. The third-order valence-corrected chi connectivity index (χ3v) is 7.18. The van der Waals surface area contributed by atoms with Gasteiger partial charge in [-0.3, -0.25) is 9.69 Å². The van der Waals surface area contributed by atoms with Crippen LogP contribution in [0, 0.1) is 6.92 Å². The molecule has 1 unspecified atom stereocenters. The maximum atomic E-state index is 12.8. The summed E-state index contributed by atoms with van der Waals surface area (Å²) >= 11 is 0. The summed E-state index contributed by atoms with van der Waals surface area (Å²) in [6.07, 6.45) is 7.29. The Morgan fingerprint density at radius 3 is 2.32 bits per heavy atom. The summed E-state index contributed by atoms with van der Waals surface area (Å²) in [6, 6.07) is 0.471. The zero-order valence-corrected chi connectivity index (χ0v) is 19.4. The highest BCUT2D eigenvalue weighted by Crippen LogP contribution is 2.19. The number of rotatable bonds is 5. The van der Waals surface area contributed by atoms with E-state index < -0.39 is 0 Å². The van der Waals surface area contributed by atoms with Gasteiger partial charge >= 0.3 is 0 Å². The summed E-state index contributed by atoms with van der Waals surface area (Å²) in [4.78, 5) is 24.5. The maximum absolute atomic E-state index is 12.8. The molecule has 3 fully saturated rings. The molecule has 0 radical (unpaired) electrons. The van der Waals surface area contributed by atoms with Crippen molar-refractivity contribution in [3.63, 3.8) is 0 Å². The lowest BCUT2D eigenvalue weighted by Gasteiger charge is -2.40. The van der Waals surface area contributed by atoms with Crippen molar-refractivity contribution in [1.29, 1.82) is 0 Å². The van der Waals surface area contributed by atoms with Gasteiger partial charge in [-0.2, -0.15) is 0 Å². The zero-order valence-electron chi connectivity index (χ0n) is 19.4. The van der Waals surface area contributed by atoms with Crippen molar-refractivity contribution in [2.24, 2.45) is 12.0 Å². The van der Waals surface area contributed by atoms with Gasteiger partial charge < -0.3 is 19.7 Å². The van der Waals surface area contributed by atoms with E-state index in [1.54, 1.807) is 0 Å². The highest BCUT2D eigenvalue weighted by molar-refractivity contribution is 5.82. The van der Waals surface area contributed by atoms with E-state index in [9.17, 15) is 4.79 Å². The molecule has 1 aliphatic carbocycles. The van der Waals surface area contributed by atoms with Crippen LogP contribution in [0.25, 0.3) is 0 Å². The van der Waals surface area contributed by atoms with Crippen molar-refractivity contribution in [2.45, 2.75) is 71.0 Å². The number of carbonyl (C=O) groups is 1. The minimum atomic E-state index is -0.0370. The summed E-state index contributed by atoms with van der Waals surface area (Å²) in [5, 5.41) is 12.1. The lowest BCUT2D eigenvalue weighted by atomic mass is 10.2. The van der Waals surface area contributed by atoms with E-state index in [4.69, 9.17) is 4.99 Å². The number of carbonyl (C=O) groups excluding carboxylic acids is 1. The second-order valence-electron chi connectivity index (χ2n) is 9.22. The average molecular weight is 431 g/mol. The number of nitrogens with one attached hydrogen (secondary N) is 1. The molecule has 0 bridgehead atoms. The Labute approximate surface area is 185 Å². The number of aliphatic imine (C=N–C) groups is 1. The molecule has 1 amide bonds. The van der Waals surface area contributed by atoms with Gasteiger partial charge in [0.15, 0.2) is 11.8 Å². The molecule has 0 spiro atoms. The number of aromatic nitrogens is 3. The Morgan fingerprint density at radius 2 is 1.71 bits per heavy atom. The molecule has 2 saturated heterocycles. The van der Waals surface area contributed by atoms with E-state index in [0.29, 0.717) is 18.5 Å². The number of hydrogen-bond acceptors (Lipinski definition) is 5. The summed E-state index contributed by atoms with van der Waals surface area (Å²) in [5.74, 6) is 3.06. The number of aryl methyl sites for hydroxylation is 1. The lowest BCUT2D eigenvalue weighted by Crippen LogP contribution is -2.57. The van der Waals surface area contributed by atoms with Gasteiger partial charge in [-0.1, -0.05) is 12.8 Å². The summed E-state index contributed by atoms with van der Waals surface area (Å²) in [7, 11) is 1.99. The van der Waals surface area contributed by atoms with Gasteiger partial charge in [0, 0.05) is 52.4 Å². The molecular formula is C22H38N8O. The number of hydrogen-bond donors (Lipinski definition) is 1. The molecule has 4 rings (SSSR count). The van der Waals surface area contributed by atoms with Gasteiger partial charge in [-0.25, -0.2) is 4.99 Å². The van der Waals surface area contributed by atoms with Crippen LogP contribution in [0.3, 0.4) is 0 Å². The molecule has 2 aliphatic heterocycles. The Morgan fingerprint density at radius 1 is 1.03 bits per heavy atom. The predicted octanol–water partition coefficient (Wildman–Crippen LogP) is 1.14. The topological polar surface area (TPSA) is 81.9 Å². The Balaban J connectivity index is 1.38. The highest BCUT2D eigenvalue weighted by atomic mass is 16.2. The minimum Gasteiger partial charge on any atom is -0.353 e. The van der Waals surface area contributed by atoms with Crippen LogP contribution < -0.4 is 5.32 Å². The monoisotopic (exact) mass is 430 g/mol. The van der Waals surface area contributed by atoms with Crippen LogP contribution in [0.2, 0.25) is 0 Å². The number of piperazine rings is 1. The van der Waals surface area contributed by atoms with Crippen molar-refractivity contribution in [1.82, 2.24) is 34.8 Å². The van der Waals surface area contributed by atoms with Gasteiger partial charge in [-0.05, 0) is 39.5 Å². The lowest BCUT2D eigenvalue weighted by molar-refractivity contribution is -0.135. The van der Waals surface area contributed by atoms with E-state index in [1.807, 2.05) is 23.4 Å². The van der Waals surface area contributed by atoms with Crippen molar-refractivity contribution < 1.29 is 4.79 Å². The molecule has 1 aromatic rings. The van der Waals surface area contributed by atoms with Gasteiger partial charge in [0.25, 0.3) is 0 Å². The minimum absolute atomic E-state index is 0.0370. The van der Waals surface area contributed by atoms with Crippen LogP contribution in [-0.2, 0) is 18.4 Å². The van der Waals surface area contributed by atoms with Crippen molar-refractivity contribution in [3.8, 4) is 0 Å². The van der Waals surface area contributed by atoms with E-state index in [2.05, 4.69) is 32.2 Å². The molecule has 3 aliphatic rings. The first-order chi connectivity index (χ1) is 15.0. The first-order valence-electron chi connectivity index (χ1n) is 12.0. The van der Waals surface area contributed by atoms with E-state index in [-0.39, 0.29) is 6.04 Å². The highest BCUT2D eigenvalue weighted by Gasteiger charge is 2.31. The average Bonchev–Trinajstić information content (AvgIpc) is 3.55. The molecule has 1 aromatic heterocycles. The van der Waals surface area contributed by atoms with Gasteiger partial charge in [0.2, 0.25) is 5.91 Å². The Hall–Kier alpha value is -2.16. The molecule has 172 valence electrons. The fourth-order valence-electron chi connectivity index (χ4n) is 4.90. The Bertz CT molecular complexity index is 770. The van der Waals surface area contributed by atoms with E-state index >= 15 is 0 Å². The second kappa shape index (κ2) is 9.97. The third kappa shape index (κ3) is 5.19. The maximum Gasteiger partial charge on any atom is 0.239 e. The molecular weight excluding hydrogens is 392 g/mol. The van der Waals surface area contributed by atoms with Crippen LogP contribution in [0.4, 0.5) is 0 Å². The standard InChI is InChI=1S/C22H38N8O/c1-17(21(31)29-10-6-7-11-29)28-12-14-30(15-13-28)22(24-19-8-4-5-9-19)23-16-20-26-25-18(2)27(20)3/h17,19H,4-16H2,1-3H3,(H,23,24). The molecule has 9 heteroatoms. The van der Waals surface area contributed by atoms with Crippen LogP contribution in [-0.4, -0.2) is 92.7 Å². The van der Waals surface area contributed by atoms with Crippen molar-refractivity contribution in [2.75, 3.05) is 39.3 Å². The zero-order chi connectivity index (χ0) is 21.8. The quantitative estimate of drug-likeness (QED) is 0.557. The van der Waals surface area contributed by atoms with Gasteiger partial charge in [0.05, 0.1) is 6.04 Å². The molecule has 1 N–H and O–H groups in total. The first-order valence-corrected chi connectivity index (χ1v) is 12.0. The first kappa shape index (κ1) is 22.0. The number of likely N-dealkylation sites (tertiary alicyclic amines) is 1. The van der Waals surface area contributed by atoms with Gasteiger partial charge in [-0.15, -0.1) is 10.2 Å². The van der Waals surface area contributed by atoms with Crippen molar-refractivity contribution in [3.05, 3.63) is 11.6 Å². The van der Waals surface area contributed by atoms with Crippen LogP contribution in [0.1, 0.15) is 57.1 Å². The molecule has 1 atom stereocenters. The summed E-state index contributed by atoms with van der Waals surface area (Å²) in [5.41, 5.74) is 0.